The van der Waals surface area contributed by atoms with E-state index in [-0.39, 0.29) is 11.8 Å². The normalized spacial score (nSPS) is 29.6. The number of fused-ring (bicyclic) bond motifs is 2. The van der Waals surface area contributed by atoms with Gasteiger partial charge >= 0.3 is 0 Å². The van der Waals surface area contributed by atoms with Gasteiger partial charge < -0.3 is 5.32 Å². The lowest BCUT2D eigenvalue weighted by atomic mass is 9.88. The van der Waals surface area contributed by atoms with E-state index >= 15 is 0 Å². The van der Waals surface area contributed by atoms with Crippen molar-refractivity contribution in [2.24, 2.45) is 17.8 Å². The first-order chi connectivity index (χ1) is 8.63. The van der Waals surface area contributed by atoms with Gasteiger partial charge in [-0.15, -0.1) is 0 Å². The quantitative estimate of drug-likeness (QED) is 0.852. The molecular weight excluding hydrogens is 314 g/mol. The van der Waals surface area contributed by atoms with Crippen molar-refractivity contribution in [3.63, 3.8) is 0 Å². The summed E-state index contributed by atoms with van der Waals surface area (Å²) in [5.41, 5.74) is 0.707. The first-order valence-electron chi connectivity index (χ1n) is 6.39. The summed E-state index contributed by atoms with van der Waals surface area (Å²) >= 11 is 9.48. The van der Waals surface area contributed by atoms with Crippen molar-refractivity contribution >= 4 is 39.1 Å². The molecule has 18 heavy (non-hydrogen) atoms. The van der Waals surface area contributed by atoms with Gasteiger partial charge in [-0.25, -0.2) is 0 Å². The highest BCUT2D eigenvalue weighted by atomic mass is 79.9. The molecule has 1 N–H and O–H groups in total. The molecule has 4 heteroatoms. The SMILES string of the molecule is O=C(Nc1cc(Br)ccc1Cl)C1CC2CCC1C2. The fourth-order valence-corrected chi connectivity index (χ4v) is 3.91. The van der Waals surface area contributed by atoms with E-state index in [1.54, 1.807) is 6.07 Å². The van der Waals surface area contributed by atoms with Crippen LogP contribution in [0.5, 0.6) is 0 Å². The minimum atomic E-state index is 0.141. The van der Waals surface area contributed by atoms with E-state index in [0.29, 0.717) is 16.6 Å². The molecule has 0 aliphatic heterocycles. The Labute approximate surface area is 120 Å². The Morgan fingerprint density at radius 2 is 2.17 bits per heavy atom. The number of benzene rings is 1. The lowest BCUT2D eigenvalue weighted by Gasteiger charge is -2.21. The van der Waals surface area contributed by atoms with Crippen LogP contribution in [0.15, 0.2) is 22.7 Å². The van der Waals surface area contributed by atoms with Crippen LogP contribution >= 0.6 is 27.5 Å². The van der Waals surface area contributed by atoms with E-state index in [1.165, 1.54) is 19.3 Å². The first-order valence-corrected chi connectivity index (χ1v) is 7.56. The molecule has 0 heterocycles. The van der Waals surface area contributed by atoms with Crippen LogP contribution in [0.4, 0.5) is 5.69 Å². The average molecular weight is 329 g/mol. The number of amides is 1. The molecule has 3 rings (SSSR count). The number of nitrogens with one attached hydrogen (secondary N) is 1. The van der Waals surface area contributed by atoms with Crippen LogP contribution < -0.4 is 5.32 Å². The van der Waals surface area contributed by atoms with Gasteiger partial charge in [0.2, 0.25) is 5.91 Å². The standard InChI is InChI=1S/C14H15BrClNO/c15-10-3-4-12(16)13(7-10)17-14(18)11-6-8-1-2-9(11)5-8/h3-4,7-9,11H,1-2,5-6H2,(H,17,18). The molecule has 1 amide bonds. The minimum Gasteiger partial charge on any atom is -0.324 e. The van der Waals surface area contributed by atoms with Crippen molar-refractivity contribution in [3.8, 4) is 0 Å². The lowest BCUT2D eigenvalue weighted by molar-refractivity contribution is -0.121. The second kappa shape index (κ2) is 4.86. The zero-order valence-electron chi connectivity index (χ0n) is 9.96. The van der Waals surface area contributed by atoms with Crippen molar-refractivity contribution in [1.29, 1.82) is 0 Å². The zero-order valence-corrected chi connectivity index (χ0v) is 12.3. The number of carbonyl (C=O) groups excluding carboxylic acids is 1. The summed E-state index contributed by atoms with van der Waals surface area (Å²) in [6, 6.07) is 5.52. The van der Waals surface area contributed by atoms with Gasteiger partial charge in [0.1, 0.15) is 0 Å². The molecule has 2 saturated carbocycles. The summed E-state index contributed by atoms with van der Waals surface area (Å²) in [4.78, 5) is 12.3. The highest BCUT2D eigenvalue weighted by Gasteiger charge is 2.43. The van der Waals surface area contributed by atoms with Gasteiger partial charge in [-0.1, -0.05) is 34.0 Å². The summed E-state index contributed by atoms with van der Waals surface area (Å²) in [5, 5.41) is 3.57. The smallest absolute Gasteiger partial charge is 0.227 e. The largest absolute Gasteiger partial charge is 0.324 e. The maximum Gasteiger partial charge on any atom is 0.227 e. The fourth-order valence-electron chi connectivity index (χ4n) is 3.38. The van der Waals surface area contributed by atoms with E-state index < -0.39 is 0 Å². The Morgan fingerprint density at radius 1 is 1.33 bits per heavy atom. The van der Waals surface area contributed by atoms with Crippen molar-refractivity contribution < 1.29 is 4.79 Å². The van der Waals surface area contributed by atoms with Gasteiger partial charge in [0, 0.05) is 10.4 Å². The van der Waals surface area contributed by atoms with Crippen molar-refractivity contribution in [2.75, 3.05) is 5.32 Å². The van der Waals surface area contributed by atoms with Gasteiger partial charge in [0.05, 0.1) is 10.7 Å². The molecule has 0 spiro atoms. The predicted octanol–water partition coefficient (Wildman–Crippen LogP) is 4.48. The number of hydrogen-bond acceptors (Lipinski definition) is 1. The second-order valence-electron chi connectivity index (χ2n) is 5.39. The van der Waals surface area contributed by atoms with Crippen molar-refractivity contribution in [2.45, 2.75) is 25.7 Å². The third kappa shape index (κ3) is 2.30. The van der Waals surface area contributed by atoms with E-state index in [4.69, 9.17) is 11.6 Å². The number of carbonyl (C=O) groups is 1. The summed E-state index contributed by atoms with van der Waals surface area (Å²) in [5.74, 6) is 1.71. The third-order valence-corrected chi connectivity index (χ3v) is 5.08. The van der Waals surface area contributed by atoms with Gasteiger partial charge in [0.15, 0.2) is 0 Å². The number of halogens is 2. The highest BCUT2D eigenvalue weighted by molar-refractivity contribution is 9.10. The predicted molar refractivity (Wildman–Crippen MR) is 76.7 cm³/mol. The lowest BCUT2D eigenvalue weighted by Crippen LogP contribution is -2.27. The first kappa shape index (κ1) is 12.5. The molecule has 0 radical (unpaired) electrons. The van der Waals surface area contributed by atoms with Crippen LogP contribution in [-0.4, -0.2) is 5.91 Å². The molecular formula is C14H15BrClNO. The van der Waals surface area contributed by atoms with E-state index in [1.807, 2.05) is 12.1 Å². The topological polar surface area (TPSA) is 29.1 Å². The average Bonchev–Trinajstić information content (AvgIpc) is 2.96. The number of hydrogen-bond donors (Lipinski definition) is 1. The summed E-state index contributed by atoms with van der Waals surface area (Å²) in [7, 11) is 0. The van der Waals surface area contributed by atoms with Crippen LogP contribution in [0.25, 0.3) is 0 Å². The monoisotopic (exact) mass is 327 g/mol. The minimum absolute atomic E-state index is 0.141. The number of rotatable bonds is 2. The van der Waals surface area contributed by atoms with Crippen LogP contribution in [-0.2, 0) is 4.79 Å². The van der Waals surface area contributed by atoms with Gasteiger partial charge in [0.25, 0.3) is 0 Å². The van der Waals surface area contributed by atoms with Crippen molar-refractivity contribution in [1.82, 2.24) is 0 Å². The maximum atomic E-state index is 12.3. The van der Waals surface area contributed by atoms with E-state index in [2.05, 4.69) is 21.2 Å². The molecule has 1 aromatic carbocycles. The van der Waals surface area contributed by atoms with Crippen LogP contribution in [0.3, 0.4) is 0 Å². The molecule has 0 aromatic heterocycles. The Balaban J connectivity index is 1.72. The Hall–Kier alpha value is -0.540. The van der Waals surface area contributed by atoms with E-state index in [0.717, 1.165) is 16.8 Å². The van der Waals surface area contributed by atoms with Gasteiger partial charge in [-0.05, 0) is 49.3 Å². The fraction of sp³-hybridized carbons (Fsp3) is 0.500. The Kier molecular flexibility index (Phi) is 3.37. The molecule has 1 aromatic rings. The molecule has 0 saturated heterocycles. The Morgan fingerprint density at radius 3 is 2.83 bits per heavy atom. The molecule has 2 aliphatic rings. The van der Waals surface area contributed by atoms with Crippen molar-refractivity contribution in [3.05, 3.63) is 27.7 Å². The van der Waals surface area contributed by atoms with E-state index in [9.17, 15) is 4.79 Å². The Bertz CT molecular complexity index is 491. The molecule has 3 unspecified atom stereocenters. The molecule has 96 valence electrons. The van der Waals surface area contributed by atoms with Crippen LogP contribution in [0.1, 0.15) is 25.7 Å². The summed E-state index contributed by atoms with van der Waals surface area (Å²) < 4.78 is 0.926. The van der Waals surface area contributed by atoms with Gasteiger partial charge in [-0.3, -0.25) is 4.79 Å². The molecule has 2 nitrogen and oxygen atoms in total. The molecule has 2 bridgehead atoms. The summed E-state index contributed by atoms with van der Waals surface area (Å²) in [6.07, 6.45) is 4.83. The molecule has 2 fully saturated rings. The van der Waals surface area contributed by atoms with Crippen LogP contribution in [0.2, 0.25) is 5.02 Å². The third-order valence-electron chi connectivity index (χ3n) is 4.26. The van der Waals surface area contributed by atoms with Crippen LogP contribution in [0, 0.1) is 17.8 Å². The highest BCUT2D eigenvalue weighted by Crippen LogP contribution is 2.48. The molecule has 2 aliphatic carbocycles. The van der Waals surface area contributed by atoms with Gasteiger partial charge in [-0.2, -0.15) is 0 Å². The number of anilines is 1. The zero-order chi connectivity index (χ0) is 12.7. The molecule has 3 atom stereocenters. The summed E-state index contributed by atoms with van der Waals surface area (Å²) in [6.45, 7) is 0. The second-order valence-corrected chi connectivity index (χ2v) is 6.72. The maximum absolute atomic E-state index is 12.3.